The molecule has 2 heterocycles. The van der Waals surface area contributed by atoms with E-state index in [0.717, 1.165) is 13.2 Å². The number of aromatic amines is 1. The number of fused-ring (bicyclic) bond motifs is 1. The van der Waals surface area contributed by atoms with E-state index >= 15 is 0 Å². The molecular weight excluding hydrogens is 526 g/mol. The number of anilines is 1. The SMILES string of the molecule is CCCc1c(F)c(F)cc2[nH]c(Cn3cccc(NC(=O)[C@H](CC/C=C/C(=O)N(C)C)NC(=O)OC)c3=O)nc12. The first-order valence-corrected chi connectivity index (χ1v) is 12.6. The number of aromatic nitrogens is 3. The smallest absolute Gasteiger partial charge is 0.407 e. The molecule has 3 rings (SSSR count). The third kappa shape index (κ3) is 7.30. The molecule has 0 aliphatic heterocycles. The Morgan fingerprint density at radius 3 is 2.70 bits per heavy atom. The molecule has 3 N–H and O–H groups in total. The number of rotatable bonds is 11. The van der Waals surface area contributed by atoms with Crippen LogP contribution in [0.1, 0.15) is 37.6 Å². The zero-order chi connectivity index (χ0) is 29.4. The molecule has 214 valence electrons. The minimum absolute atomic E-state index is 0.0534. The second kappa shape index (κ2) is 13.5. The summed E-state index contributed by atoms with van der Waals surface area (Å²) in [5, 5.41) is 4.95. The van der Waals surface area contributed by atoms with E-state index in [9.17, 15) is 28.0 Å². The third-order valence-electron chi connectivity index (χ3n) is 6.03. The number of imidazole rings is 1. The van der Waals surface area contributed by atoms with Gasteiger partial charge in [-0.1, -0.05) is 19.4 Å². The van der Waals surface area contributed by atoms with Crippen LogP contribution in [0.4, 0.5) is 19.3 Å². The number of carbonyl (C=O) groups excluding carboxylic acids is 3. The molecule has 40 heavy (non-hydrogen) atoms. The number of halogens is 2. The largest absolute Gasteiger partial charge is 0.453 e. The molecule has 0 fully saturated rings. The molecular formula is C27H32F2N6O5. The minimum atomic E-state index is -1.06. The number of H-pyrrole nitrogens is 1. The van der Waals surface area contributed by atoms with Gasteiger partial charge in [0, 0.05) is 31.9 Å². The van der Waals surface area contributed by atoms with E-state index in [1.165, 1.54) is 27.8 Å². The summed E-state index contributed by atoms with van der Waals surface area (Å²) >= 11 is 0. The lowest BCUT2D eigenvalue weighted by Gasteiger charge is -2.17. The van der Waals surface area contributed by atoms with Gasteiger partial charge in [-0.2, -0.15) is 0 Å². The predicted octanol–water partition coefficient (Wildman–Crippen LogP) is 3.09. The van der Waals surface area contributed by atoms with Crippen LogP contribution in [0.5, 0.6) is 0 Å². The van der Waals surface area contributed by atoms with Gasteiger partial charge in [0.15, 0.2) is 11.6 Å². The van der Waals surface area contributed by atoms with Gasteiger partial charge in [-0.15, -0.1) is 0 Å². The Bertz CT molecular complexity index is 1480. The number of benzene rings is 1. The number of nitrogens with zero attached hydrogens (tertiary/aromatic N) is 3. The zero-order valence-electron chi connectivity index (χ0n) is 22.7. The van der Waals surface area contributed by atoms with Crippen molar-refractivity contribution in [1.82, 2.24) is 24.8 Å². The number of amides is 3. The molecule has 1 atom stereocenters. The molecule has 0 radical (unpaired) electrons. The Kier molecular flexibility index (Phi) is 10.1. The van der Waals surface area contributed by atoms with E-state index in [4.69, 9.17) is 0 Å². The zero-order valence-corrected chi connectivity index (χ0v) is 22.7. The molecule has 11 nitrogen and oxygen atoms in total. The van der Waals surface area contributed by atoms with E-state index in [2.05, 4.69) is 25.3 Å². The van der Waals surface area contributed by atoms with Gasteiger partial charge in [0.05, 0.1) is 24.7 Å². The van der Waals surface area contributed by atoms with Crippen molar-refractivity contribution in [3.05, 3.63) is 69.9 Å². The average molecular weight is 559 g/mol. The highest BCUT2D eigenvalue weighted by atomic mass is 19.2. The Hall–Kier alpha value is -4.55. The van der Waals surface area contributed by atoms with Crippen molar-refractivity contribution in [2.45, 2.75) is 45.2 Å². The molecule has 0 saturated heterocycles. The molecule has 13 heteroatoms. The first-order chi connectivity index (χ1) is 19.0. The monoisotopic (exact) mass is 558 g/mol. The van der Waals surface area contributed by atoms with Crippen molar-refractivity contribution in [2.75, 3.05) is 26.5 Å². The molecule has 0 aliphatic rings. The first-order valence-electron chi connectivity index (χ1n) is 12.6. The van der Waals surface area contributed by atoms with Gasteiger partial charge < -0.3 is 29.8 Å². The second-order valence-corrected chi connectivity index (χ2v) is 9.23. The quantitative estimate of drug-likeness (QED) is 0.309. The van der Waals surface area contributed by atoms with Crippen LogP contribution < -0.4 is 16.2 Å². The van der Waals surface area contributed by atoms with Crippen LogP contribution in [0, 0.1) is 11.6 Å². The normalized spacial score (nSPS) is 11.9. The first kappa shape index (κ1) is 30.0. The van der Waals surface area contributed by atoms with Crippen LogP contribution in [-0.4, -0.2) is 64.6 Å². The molecule has 1 aromatic carbocycles. The van der Waals surface area contributed by atoms with Gasteiger partial charge in [-0.25, -0.2) is 18.6 Å². The summed E-state index contributed by atoms with van der Waals surface area (Å²) in [6.45, 7) is 1.79. The second-order valence-electron chi connectivity index (χ2n) is 9.23. The molecule has 3 aromatic rings. The average Bonchev–Trinajstić information content (AvgIpc) is 3.31. The number of hydrogen-bond donors (Lipinski definition) is 3. The van der Waals surface area contributed by atoms with E-state index < -0.39 is 35.2 Å². The van der Waals surface area contributed by atoms with Gasteiger partial charge in [-0.3, -0.25) is 14.4 Å². The number of ether oxygens (including phenoxy) is 1. The van der Waals surface area contributed by atoms with Crippen molar-refractivity contribution in [3.63, 3.8) is 0 Å². The summed E-state index contributed by atoms with van der Waals surface area (Å²) in [5.74, 6) is -2.51. The highest BCUT2D eigenvalue weighted by Gasteiger charge is 2.22. The lowest BCUT2D eigenvalue weighted by Crippen LogP contribution is -2.44. The number of likely N-dealkylation sites (N-methyl/N-ethyl adjacent to an activating group) is 1. The van der Waals surface area contributed by atoms with Crippen molar-refractivity contribution in [2.24, 2.45) is 0 Å². The number of pyridine rings is 1. The highest BCUT2D eigenvalue weighted by Crippen LogP contribution is 2.24. The predicted molar refractivity (Wildman–Crippen MR) is 145 cm³/mol. The maximum Gasteiger partial charge on any atom is 0.407 e. The Balaban J connectivity index is 1.79. The van der Waals surface area contributed by atoms with Gasteiger partial charge in [0.1, 0.15) is 17.6 Å². The maximum atomic E-state index is 14.3. The lowest BCUT2D eigenvalue weighted by molar-refractivity contribution is -0.123. The number of nitrogens with one attached hydrogen (secondary N) is 3. The van der Waals surface area contributed by atoms with Gasteiger partial charge in [0.25, 0.3) is 5.56 Å². The fraction of sp³-hybridized carbons (Fsp3) is 0.370. The maximum absolute atomic E-state index is 14.3. The summed E-state index contributed by atoms with van der Waals surface area (Å²) < 4.78 is 34.3. The van der Waals surface area contributed by atoms with E-state index in [-0.39, 0.29) is 36.5 Å². The van der Waals surface area contributed by atoms with Crippen LogP contribution in [0.2, 0.25) is 0 Å². The number of methoxy groups -OCH3 is 1. The van der Waals surface area contributed by atoms with Crippen molar-refractivity contribution < 1.29 is 27.9 Å². The van der Waals surface area contributed by atoms with E-state index in [1.54, 1.807) is 26.2 Å². The van der Waals surface area contributed by atoms with Crippen LogP contribution in [0.15, 0.2) is 41.3 Å². The number of hydrogen-bond acceptors (Lipinski definition) is 6. The number of alkyl carbamates (subject to hydrolysis) is 1. The highest BCUT2D eigenvalue weighted by molar-refractivity contribution is 5.96. The molecule has 0 spiro atoms. The van der Waals surface area contributed by atoms with Crippen molar-refractivity contribution >= 4 is 34.6 Å². The fourth-order valence-electron chi connectivity index (χ4n) is 3.97. The van der Waals surface area contributed by atoms with Gasteiger partial charge in [0.2, 0.25) is 11.8 Å². The Labute approximate surface area is 229 Å². The van der Waals surface area contributed by atoms with Gasteiger partial charge in [-0.05, 0) is 37.5 Å². The molecule has 3 amide bonds. The van der Waals surface area contributed by atoms with Crippen molar-refractivity contribution in [1.29, 1.82) is 0 Å². The van der Waals surface area contributed by atoms with Crippen LogP contribution >= 0.6 is 0 Å². The summed E-state index contributed by atoms with van der Waals surface area (Å²) in [4.78, 5) is 58.3. The van der Waals surface area contributed by atoms with Crippen LogP contribution in [-0.2, 0) is 27.3 Å². The minimum Gasteiger partial charge on any atom is -0.453 e. The molecule has 0 unspecified atom stereocenters. The number of carbonyl (C=O) groups is 3. The fourth-order valence-corrected chi connectivity index (χ4v) is 3.97. The van der Waals surface area contributed by atoms with E-state index in [1.807, 2.05) is 6.92 Å². The lowest BCUT2D eigenvalue weighted by atomic mass is 10.1. The van der Waals surface area contributed by atoms with E-state index in [0.29, 0.717) is 29.7 Å². The Morgan fingerprint density at radius 2 is 2.02 bits per heavy atom. The summed E-state index contributed by atoms with van der Waals surface area (Å²) in [6.07, 6.45) is 4.89. The van der Waals surface area contributed by atoms with Crippen LogP contribution in [0.3, 0.4) is 0 Å². The Morgan fingerprint density at radius 1 is 1.27 bits per heavy atom. The van der Waals surface area contributed by atoms with Crippen LogP contribution in [0.25, 0.3) is 11.0 Å². The topological polar surface area (TPSA) is 138 Å². The summed E-state index contributed by atoms with van der Waals surface area (Å²) in [5.41, 5.74) is 0.163. The molecule has 0 saturated carbocycles. The summed E-state index contributed by atoms with van der Waals surface area (Å²) in [7, 11) is 4.36. The molecule has 2 aromatic heterocycles. The molecule has 0 aliphatic carbocycles. The van der Waals surface area contributed by atoms with Gasteiger partial charge >= 0.3 is 6.09 Å². The molecule has 0 bridgehead atoms. The van der Waals surface area contributed by atoms with Crippen molar-refractivity contribution in [3.8, 4) is 0 Å². The third-order valence-corrected chi connectivity index (χ3v) is 6.03. The number of allylic oxidation sites excluding steroid dienone is 1. The standard InChI is InChI=1S/C27H32F2N6O5/c1-5-9-16-23(29)17(28)14-20-24(16)33-21(30-20)15-35-13-8-11-19(26(35)38)31-25(37)18(32-27(39)40-4)10-6-7-12-22(36)34(2)3/h7-8,11-14,18H,5-6,9-10,15H2,1-4H3,(H,30,33)(H,31,37)(H,32,39)/b12-7+/t18-/m0/s1. The number of aryl methyl sites for hydroxylation is 1. The summed E-state index contributed by atoms with van der Waals surface area (Å²) in [6, 6.07) is 2.92.